The normalized spacial score (nSPS) is 18.3. The van der Waals surface area contributed by atoms with Gasteiger partial charge < -0.3 is 15.6 Å². The molecule has 0 radical (unpaired) electrons. The Morgan fingerprint density at radius 1 is 1.42 bits per heavy atom. The lowest BCUT2D eigenvalue weighted by Gasteiger charge is -2.38. The van der Waals surface area contributed by atoms with Crippen molar-refractivity contribution >= 4 is 15.9 Å². The smallest absolute Gasteiger partial charge is 0.163 e. The molecule has 5 heteroatoms. The molecule has 0 bridgehead atoms. The van der Waals surface area contributed by atoms with E-state index in [0.29, 0.717) is 16.6 Å². The molecule has 0 spiro atoms. The zero-order valence-electron chi connectivity index (χ0n) is 11.0. The zero-order valence-corrected chi connectivity index (χ0v) is 12.6. The molecule has 1 aliphatic carbocycles. The summed E-state index contributed by atoms with van der Waals surface area (Å²) >= 11 is 3.26. The van der Waals surface area contributed by atoms with Crippen LogP contribution in [-0.4, -0.2) is 18.8 Å². The van der Waals surface area contributed by atoms with Crippen molar-refractivity contribution in [1.29, 1.82) is 0 Å². The van der Waals surface area contributed by atoms with Gasteiger partial charge in [-0.2, -0.15) is 0 Å². The van der Waals surface area contributed by atoms with Gasteiger partial charge in [-0.3, -0.25) is 0 Å². The molecule has 1 aromatic carbocycles. The summed E-state index contributed by atoms with van der Waals surface area (Å²) in [7, 11) is 1.42. The van der Waals surface area contributed by atoms with E-state index in [4.69, 9.17) is 10.5 Å². The van der Waals surface area contributed by atoms with Crippen molar-refractivity contribution in [1.82, 2.24) is 0 Å². The number of aromatic hydroxyl groups is 1. The molecule has 3 nitrogen and oxygen atoms in total. The van der Waals surface area contributed by atoms with Gasteiger partial charge in [-0.25, -0.2) is 4.39 Å². The number of phenols is 1. The molecular weight excluding hydrogens is 313 g/mol. The summed E-state index contributed by atoms with van der Waals surface area (Å²) < 4.78 is 19.3. The molecule has 1 saturated carbocycles. The van der Waals surface area contributed by atoms with Crippen LogP contribution in [0.3, 0.4) is 0 Å². The Hall–Kier alpha value is -0.810. The topological polar surface area (TPSA) is 55.5 Å². The maximum Gasteiger partial charge on any atom is 0.163 e. The molecule has 19 heavy (non-hydrogen) atoms. The Morgan fingerprint density at radius 2 is 2.05 bits per heavy atom. The number of hydrogen-bond donors (Lipinski definition) is 2. The Labute approximate surface area is 121 Å². The summed E-state index contributed by atoms with van der Waals surface area (Å²) in [6.07, 6.45) is 4.97. The first kappa shape index (κ1) is 14.6. The fourth-order valence-corrected chi connectivity index (χ4v) is 3.74. The van der Waals surface area contributed by atoms with E-state index >= 15 is 0 Å². The monoisotopic (exact) mass is 331 g/mol. The Bertz CT molecular complexity index is 473. The summed E-state index contributed by atoms with van der Waals surface area (Å²) in [6.45, 7) is 0.395. The van der Waals surface area contributed by atoms with Crippen molar-refractivity contribution in [2.24, 2.45) is 5.73 Å². The third kappa shape index (κ3) is 2.46. The lowest BCUT2D eigenvalue weighted by atomic mass is 9.69. The van der Waals surface area contributed by atoms with Crippen molar-refractivity contribution < 1.29 is 14.2 Å². The fraction of sp³-hybridized carbons (Fsp3) is 0.571. The van der Waals surface area contributed by atoms with E-state index in [1.165, 1.54) is 13.2 Å². The lowest BCUT2D eigenvalue weighted by Crippen LogP contribution is -2.37. The van der Waals surface area contributed by atoms with Crippen LogP contribution in [0.4, 0.5) is 4.39 Å². The van der Waals surface area contributed by atoms with Gasteiger partial charge in [0, 0.05) is 23.6 Å². The van der Waals surface area contributed by atoms with E-state index in [2.05, 4.69) is 15.9 Å². The fourth-order valence-electron chi connectivity index (χ4n) is 3.02. The van der Waals surface area contributed by atoms with Gasteiger partial charge in [0.25, 0.3) is 0 Å². The molecule has 0 aromatic heterocycles. The van der Waals surface area contributed by atoms with E-state index < -0.39 is 5.82 Å². The van der Waals surface area contributed by atoms with Crippen LogP contribution in [0, 0.1) is 5.82 Å². The number of ether oxygens (including phenoxy) is 1. The van der Waals surface area contributed by atoms with Crippen LogP contribution in [-0.2, 0) is 5.41 Å². The number of hydrogen-bond acceptors (Lipinski definition) is 3. The highest BCUT2D eigenvalue weighted by Gasteiger charge is 2.38. The second-order valence-electron chi connectivity index (χ2n) is 5.14. The minimum absolute atomic E-state index is 0.00289. The van der Waals surface area contributed by atoms with Gasteiger partial charge in [-0.05, 0) is 28.8 Å². The standard InChI is InChI=1S/C14H19BrFNO2/c1-19-10-7-9(16)12(15)11(13(10)18)14(8-17)5-3-2-4-6-14/h7,18H,2-6,8,17H2,1H3. The average molecular weight is 332 g/mol. The van der Waals surface area contributed by atoms with Gasteiger partial charge in [0.05, 0.1) is 11.6 Å². The third-order valence-corrected chi connectivity index (χ3v) is 4.88. The summed E-state index contributed by atoms with van der Waals surface area (Å²) in [5.41, 5.74) is 6.15. The zero-order chi connectivity index (χ0) is 14.0. The van der Waals surface area contributed by atoms with Crippen LogP contribution in [0.1, 0.15) is 37.7 Å². The quantitative estimate of drug-likeness (QED) is 0.891. The van der Waals surface area contributed by atoms with Crippen LogP contribution < -0.4 is 10.5 Å². The first-order chi connectivity index (χ1) is 9.05. The predicted molar refractivity (Wildman–Crippen MR) is 76.1 cm³/mol. The van der Waals surface area contributed by atoms with Gasteiger partial charge in [-0.1, -0.05) is 19.3 Å². The van der Waals surface area contributed by atoms with E-state index in [1.807, 2.05) is 0 Å². The van der Waals surface area contributed by atoms with Gasteiger partial charge in [0.1, 0.15) is 5.82 Å². The predicted octanol–water partition coefficient (Wildman–Crippen LogP) is 3.46. The highest BCUT2D eigenvalue weighted by molar-refractivity contribution is 9.10. The number of nitrogens with two attached hydrogens (primary N) is 1. The maximum atomic E-state index is 14.0. The summed E-state index contributed by atoms with van der Waals surface area (Å²) in [5, 5.41) is 10.4. The minimum atomic E-state index is -0.428. The van der Waals surface area contributed by atoms with Crippen molar-refractivity contribution in [3.63, 3.8) is 0 Å². The molecule has 0 heterocycles. The largest absolute Gasteiger partial charge is 0.504 e. The summed E-state index contributed by atoms with van der Waals surface area (Å²) in [6, 6.07) is 1.19. The van der Waals surface area contributed by atoms with Gasteiger partial charge in [0.2, 0.25) is 0 Å². The van der Waals surface area contributed by atoms with Gasteiger partial charge in [0.15, 0.2) is 11.5 Å². The minimum Gasteiger partial charge on any atom is -0.504 e. The number of methoxy groups -OCH3 is 1. The molecule has 0 aliphatic heterocycles. The first-order valence-corrected chi connectivity index (χ1v) is 7.30. The maximum absolute atomic E-state index is 14.0. The molecule has 0 unspecified atom stereocenters. The molecule has 106 valence electrons. The Balaban J connectivity index is 2.62. The van der Waals surface area contributed by atoms with E-state index in [0.717, 1.165) is 32.1 Å². The van der Waals surface area contributed by atoms with Crippen LogP contribution >= 0.6 is 15.9 Å². The SMILES string of the molecule is COc1cc(F)c(Br)c(C2(CN)CCCCC2)c1O. The molecule has 1 fully saturated rings. The van der Waals surface area contributed by atoms with Crippen molar-refractivity contribution in [3.8, 4) is 11.5 Å². The molecule has 1 aliphatic rings. The van der Waals surface area contributed by atoms with Crippen molar-refractivity contribution in [2.75, 3.05) is 13.7 Å². The molecule has 2 rings (SSSR count). The van der Waals surface area contributed by atoms with Crippen LogP contribution in [0.2, 0.25) is 0 Å². The van der Waals surface area contributed by atoms with Crippen LogP contribution in [0.25, 0.3) is 0 Å². The highest BCUT2D eigenvalue weighted by atomic mass is 79.9. The number of benzene rings is 1. The third-order valence-electron chi connectivity index (χ3n) is 4.11. The van der Waals surface area contributed by atoms with Crippen LogP contribution in [0.15, 0.2) is 10.5 Å². The number of rotatable bonds is 3. The molecule has 1 aromatic rings. The Kier molecular flexibility index (Phi) is 4.36. The van der Waals surface area contributed by atoms with Crippen LogP contribution in [0.5, 0.6) is 11.5 Å². The molecule has 0 amide bonds. The van der Waals surface area contributed by atoms with Crippen molar-refractivity contribution in [2.45, 2.75) is 37.5 Å². The number of halogens is 2. The first-order valence-electron chi connectivity index (χ1n) is 6.51. The molecular formula is C14H19BrFNO2. The number of phenolic OH excluding ortho intramolecular Hbond substituents is 1. The molecule has 3 N–H and O–H groups in total. The van der Waals surface area contributed by atoms with E-state index in [9.17, 15) is 9.50 Å². The highest BCUT2D eigenvalue weighted by Crippen LogP contribution is 2.49. The average Bonchev–Trinajstić information content (AvgIpc) is 2.44. The van der Waals surface area contributed by atoms with Gasteiger partial charge in [-0.15, -0.1) is 0 Å². The molecule has 0 atom stereocenters. The summed E-state index contributed by atoms with van der Waals surface area (Å²) in [4.78, 5) is 0. The second kappa shape index (κ2) is 5.67. The lowest BCUT2D eigenvalue weighted by molar-refractivity contribution is 0.282. The second-order valence-corrected chi connectivity index (χ2v) is 5.94. The van der Waals surface area contributed by atoms with E-state index in [-0.39, 0.29) is 16.9 Å². The Morgan fingerprint density at radius 3 is 2.58 bits per heavy atom. The van der Waals surface area contributed by atoms with E-state index in [1.54, 1.807) is 0 Å². The summed E-state index contributed by atoms with van der Waals surface area (Å²) in [5.74, 6) is -0.264. The molecule has 0 saturated heterocycles. The van der Waals surface area contributed by atoms with Gasteiger partial charge >= 0.3 is 0 Å². The van der Waals surface area contributed by atoms with Crippen molar-refractivity contribution in [3.05, 3.63) is 21.9 Å².